The summed E-state index contributed by atoms with van der Waals surface area (Å²) in [5, 5.41) is 3.87. The van der Waals surface area contributed by atoms with Gasteiger partial charge in [0.1, 0.15) is 5.56 Å². The molecule has 5 rings (SSSR count). The fraction of sp³-hybridized carbons (Fsp3) is 0.308. The van der Waals surface area contributed by atoms with Crippen LogP contribution in [-0.4, -0.2) is 64.5 Å². The van der Waals surface area contributed by atoms with Crippen LogP contribution in [-0.2, 0) is 4.79 Å². The summed E-state index contributed by atoms with van der Waals surface area (Å²) in [5.74, 6) is 0.295. The summed E-state index contributed by atoms with van der Waals surface area (Å²) in [5.41, 5.74) is 2.60. The number of para-hydroxylation sites is 1. The van der Waals surface area contributed by atoms with Crippen molar-refractivity contribution in [2.75, 3.05) is 43.1 Å². The Bertz CT molecular complexity index is 1310. The highest BCUT2D eigenvalue weighted by Gasteiger charge is 2.31. The van der Waals surface area contributed by atoms with Gasteiger partial charge in [-0.2, -0.15) is 4.98 Å². The predicted molar refractivity (Wildman–Crippen MR) is 143 cm³/mol. The van der Waals surface area contributed by atoms with Gasteiger partial charge in [0.15, 0.2) is 6.73 Å². The monoisotopic (exact) mass is 540 g/mol. The van der Waals surface area contributed by atoms with Crippen LogP contribution in [0.1, 0.15) is 35.8 Å². The maximum Gasteiger partial charge on any atom is 0.268 e. The second kappa shape index (κ2) is 10.5. The zero-order chi connectivity index (χ0) is 26.1. The first-order chi connectivity index (χ1) is 17.8. The number of carbonyl (C=O) groups excluding carboxylic acids is 2. The van der Waals surface area contributed by atoms with E-state index in [9.17, 15) is 9.59 Å². The third-order valence-electron chi connectivity index (χ3n) is 6.72. The fourth-order valence-corrected chi connectivity index (χ4v) is 5.14. The maximum absolute atomic E-state index is 13.1. The molecule has 1 atom stereocenters. The van der Waals surface area contributed by atoms with Crippen molar-refractivity contribution in [3.8, 4) is 5.88 Å². The van der Waals surface area contributed by atoms with Crippen molar-refractivity contribution < 1.29 is 14.3 Å². The van der Waals surface area contributed by atoms with E-state index in [0.29, 0.717) is 21.7 Å². The van der Waals surface area contributed by atoms with E-state index in [0.717, 1.165) is 31.9 Å². The number of carbonyl (C=O) groups is 2. The number of rotatable bonds is 5. The molecule has 3 heterocycles. The van der Waals surface area contributed by atoms with Crippen LogP contribution in [0.15, 0.2) is 48.7 Å². The van der Waals surface area contributed by atoms with Gasteiger partial charge in [0.25, 0.3) is 5.91 Å². The average Bonchev–Trinajstić information content (AvgIpc) is 2.90. The van der Waals surface area contributed by atoms with E-state index >= 15 is 0 Å². The normalized spacial score (nSPS) is 16.7. The Morgan fingerprint density at radius 2 is 1.73 bits per heavy atom. The first-order valence-electron chi connectivity index (χ1n) is 11.9. The summed E-state index contributed by atoms with van der Waals surface area (Å²) in [7, 11) is 0. The number of piperazine rings is 1. The second-order valence-electron chi connectivity index (χ2n) is 8.95. The van der Waals surface area contributed by atoms with Crippen LogP contribution in [0.4, 0.5) is 17.3 Å². The molecule has 1 fully saturated rings. The number of nitrogens with one attached hydrogen (secondary N) is 1. The van der Waals surface area contributed by atoms with E-state index in [1.54, 1.807) is 25.1 Å². The van der Waals surface area contributed by atoms with E-state index in [4.69, 9.17) is 27.9 Å². The highest BCUT2D eigenvalue weighted by molar-refractivity contribution is 6.40. The average molecular weight is 541 g/mol. The molecule has 0 spiro atoms. The highest BCUT2D eigenvalue weighted by atomic mass is 35.5. The molecule has 3 aromatic rings. The number of fused-ring (bicyclic) bond motifs is 1. The predicted octanol–water partition coefficient (Wildman–Crippen LogP) is 4.75. The van der Waals surface area contributed by atoms with Crippen LogP contribution < -0.4 is 15.0 Å². The highest BCUT2D eigenvalue weighted by Crippen LogP contribution is 2.37. The number of hydrogen-bond acceptors (Lipinski definition) is 7. The number of amides is 2. The minimum absolute atomic E-state index is 0.0704. The van der Waals surface area contributed by atoms with Gasteiger partial charge >= 0.3 is 0 Å². The van der Waals surface area contributed by atoms with E-state index in [1.807, 2.05) is 17.0 Å². The molecule has 11 heteroatoms. The van der Waals surface area contributed by atoms with E-state index in [1.165, 1.54) is 16.7 Å². The van der Waals surface area contributed by atoms with Crippen LogP contribution in [0, 0.1) is 0 Å². The molecule has 192 valence electrons. The lowest BCUT2D eigenvalue weighted by Gasteiger charge is -2.37. The smallest absolute Gasteiger partial charge is 0.268 e. The van der Waals surface area contributed by atoms with Crippen molar-refractivity contribution >= 4 is 52.3 Å². The second-order valence-corrected chi connectivity index (χ2v) is 9.77. The molecule has 0 bridgehead atoms. The zero-order valence-corrected chi connectivity index (χ0v) is 22.0. The first-order valence-corrected chi connectivity index (χ1v) is 12.7. The van der Waals surface area contributed by atoms with Gasteiger partial charge in [-0.1, -0.05) is 41.4 Å². The number of aromatic nitrogens is 2. The van der Waals surface area contributed by atoms with Crippen LogP contribution >= 0.6 is 23.2 Å². The summed E-state index contributed by atoms with van der Waals surface area (Å²) in [4.78, 5) is 39.0. The lowest BCUT2D eigenvalue weighted by Crippen LogP contribution is -2.48. The third kappa shape index (κ3) is 5.20. The molecule has 0 radical (unpaired) electrons. The van der Waals surface area contributed by atoms with E-state index in [2.05, 4.69) is 39.2 Å². The van der Waals surface area contributed by atoms with Gasteiger partial charge in [0.2, 0.25) is 17.7 Å². The zero-order valence-electron chi connectivity index (χ0n) is 20.4. The van der Waals surface area contributed by atoms with Gasteiger partial charge in [-0.05, 0) is 36.8 Å². The molecular weight excluding hydrogens is 515 g/mol. The molecule has 1 saturated heterocycles. The molecule has 2 amide bonds. The maximum atomic E-state index is 13.1. The SMILES string of the molecule is CC(=O)N1CCN(C(C)c2ccc(Nc3ncc4c(n3)OCN(c3c(Cl)cccc3Cl)C4=O)cc2)CC1. The fourth-order valence-electron chi connectivity index (χ4n) is 4.53. The number of ether oxygens (including phenoxy) is 1. The van der Waals surface area contributed by atoms with Crippen molar-refractivity contribution in [3.05, 3.63) is 69.8 Å². The lowest BCUT2D eigenvalue weighted by molar-refractivity contribution is -0.130. The third-order valence-corrected chi connectivity index (χ3v) is 7.33. The Kier molecular flexibility index (Phi) is 7.19. The van der Waals surface area contributed by atoms with Crippen molar-refractivity contribution in [1.82, 2.24) is 19.8 Å². The summed E-state index contributed by atoms with van der Waals surface area (Å²) in [6.45, 7) is 6.92. The van der Waals surface area contributed by atoms with Gasteiger partial charge in [-0.15, -0.1) is 0 Å². The van der Waals surface area contributed by atoms with Crippen molar-refractivity contribution in [3.63, 3.8) is 0 Å². The summed E-state index contributed by atoms with van der Waals surface area (Å²) in [6.07, 6.45) is 1.43. The van der Waals surface area contributed by atoms with Crippen molar-refractivity contribution in [1.29, 1.82) is 0 Å². The van der Waals surface area contributed by atoms with Gasteiger partial charge < -0.3 is 15.0 Å². The topological polar surface area (TPSA) is 90.9 Å². The molecule has 37 heavy (non-hydrogen) atoms. The van der Waals surface area contributed by atoms with Crippen LogP contribution in [0.25, 0.3) is 0 Å². The molecule has 1 N–H and O–H groups in total. The molecule has 9 nitrogen and oxygen atoms in total. The Morgan fingerprint density at radius 1 is 1.05 bits per heavy atom. The molecule has 0 aliphatic carbocycles. The molecule has 1 unspecified atom stereocenters. The van der Waals surface area contributed by atoms with Crippen molar-refractivity contribution in [2.45, 2.75) is 19.9 Å². The van der Waals surface area contributed by atoms with Crippen LogP contribution in [0.3, 0.4) is 0 Å². The number of benzene rings is 2. The van der Waals surface area contributed by atoms with E-state index < -0.39 is 0 Å². The quantitative estimate of drug-likeness (QED) is 0.499. The largest absolute Gasteiger partial charge is 0.455 e. The summed E-state index contributed by atoms with van der Waals surface area (Å²) < 4.78 is 5.76. The molecule has 2 aromatic carbocycles. The lowest BCUT2D eigenvalue weighted by atomic mass is 10.1. The molecule has 1 aromatic heterocycles. The Morgan fingerprint density at radius 3 is 2.38 bits per heavy atom. The first kappa shape index (κ1) is 25.3. The molecule has 0 saturated carbocycles. The van der Waals surface area contributed by atoms with E-state index in [-0.39, 0.29) is 36.0 Å². The molecule has 2 aliphatic heterocycles. The number of halogens is 2. The number of nitrogens with zero attached hydrogens (tertiary/aromatic N) is 5. The molecule has 2 aliphatic rings. The Hall–Kier alpha value is -3.40. The van der Waals surface area contributed by atoms with Crippen molar-refractivity contribution in [2.24, 2.45) is 0 Å². The van der Waals surface area contributed by atoms with Gasteiger partial charge in [0.05, 0.1) is 15.7 Å². The van der Waals surface area contributed by atoms with Crippen LogP contribution in [0.5, 0.6) is 5.88 Å². The Labute approximate surface area is 224 Å². The van der Waals surface area contributed by atoms with Gasteiger partial charge in [0, 0.05) is 51.0 Å². The minimum atomic E-state index is -0.342. The van der Waals surface area contributed by atoms with Crippen LogP contribution in [0.2, 0.25) is 10.0 Å². The minimum Gasteiger partial charge on any atom is -0.455 e. The Balaban J connectivity index is 1.25. The van der Waals surface area contributed by atoms with Gasteiger partial charge in [-0.3, -0.25) is 19.4 Å². The summed E-state index contributed by atoms with van der Waals surface area (Å²) in [6, 6.07) is 13.3. The molecular formula is C26H26Cl2N6O3. The number of hydrogen-bond donors (Lipinski definition) is 1. The standard InChI is InChI=1S/C26H26Cl2N6O3/c1-16(32-10-12-33(13-11-32)17(2)35)18-6-8-19(9-7-18)30-26-29-14-20-24(31-26)37-15-34(25(20)36)23-21(27)4-3-5-22(23)28/h3-9,14,16H,10-13,15H2,1-2H3,(H,29,30,31). The van der Waals surface area contributed by atoms with Gasteiger partial charge in [-0.25, -0.2) is 4.98 Å². The summed E-state index contributed by atoms with van der Waals surface area (Å²) >= 11 is 12.5. The number of anilines is 3.